The number of phenolic OH excluding ortho intramolecular Hbond substituents is 1. The van der Waals surface area contributed by atoms with Gasteiger partial charge in [0.1, 0.15) is 34.6 Å². The molecule has 0 aromatic heterocycles. The summed E-state index contributed by atoms with van der Waals surface area (Å²) in [7, 11) is -3.42. The van der Waals surface area contributed by atoms with E-state index < -0.39 is 103 Å². The number of thioether (sulfide) groups is 1. The van der Waals surface area contributed by atoms with E-state index in [4.69, 9.17) is 15.2 Å². The number of fused-ring (bicyclic) bond motifs is 2. The number of nitrogens with one attached hydrogen (secondary N) is 1. The summed E-state index contributed by atoms with van der Waals surface area (Å²) in [6.07, 6.45) is -0.405. The molecular formula is C26H30N4O12S2. The molecule has 1 unspecified atom stereocenters. The fraction of sp³-hybridized carbons (Fsp3) is 0.538. The summed E-state index contributed by atoms with van der Waals surface area (Å²) < 4.78 is 37.5. The summed E-state index contributed by atoms with van der Waals surface area (Å²) in [4.78, 5) is 78.7. The van der Waals surface area contributed by atoms with Gasteiger partial charge in [-0.2, -0.15) is 0 Å². The molecule has 4 aliphatic rings. The van der Waals surface area contributed by atoms with Crippen molar-refractivity contribution in [3.8, 4) is 5.75 Å². The van der Waals surface area contributed by atoms with Crippen molar-refractivity contribution in [2.24, 2.45) is 5.73 Å². The zero-order chi connectivity index (χ0) is 32.5. The number of β-lactam (4-membered cyclic amide) rings is 2. The second-order valence-corrected chi connectivity index (χ2v) is 15.6. The Labute approximate surface area is 255 Å². The Morgan fingerprint density at radius 2 is 1.66 bits per heavy atom. The van der Waals surface area contributed by atoms with Gasteiger partial charge in [-0.15, -0.1) is 11.8 Å². The van der Waals surface area contributed by atoms with Gasteiger partial charge in [0.25, 0.3) is 0 Å². The summed E-state index contributed by atoms with van der Waals surface area (Å²) in [5.41, 5.74) is 6.43. The van der Waals surface area contributed by atoms with Crippen LogP contribution in [0.25, 0.3) is 0 Å². The monoisotopic (exact) mass is 654 g/mol. The van der Waals surface area contributed by atoms with Gasteiger partial charge in [0.15, 0.2) is 20.6 Å². The highest BCUT2D eigenvalue weighted by Crippen LogP contribution is 2.51. The Balaban J connectivity index is 1.22. The third kappa shape index (κ3) is 4.49. The first-order valence-corrected chi connectivity index (χ1v) is 15.7. The van der Waals surface area contributed by atoms with Gasteiger partial charge in [-0.25, -0.2) is 18.0 Å². The average Bonchev–Trinajstić information content (AvgIpc) is 3.30. The number of aromatic hydroxyl groups is 1. The maximum absolute atomic E-state index is 13.1. The molecule has 1 aromatic rings. The van der Waals surface area contributed by atoms with Crippen LogP contribution < -0.4 is 11.1 Å². The molecule has 4 heterocycles. The van der Waals surface area contributed by atoms with Gasteiger partial charge in [-0.05, 0) is 38.5 Å². The third-order valence-electron chi connectivity index (χ3n) is 8.41. The smallest absolute Gasteiger partial charge is 0.334 e. The summed E-state index contributed by atoms with van der Waals surface area (Å²) >= 11 is 1.24. The normalized spacial score (nSPS) is 31.5. The average molecular weight is 655 g/mol. The van der Waals surface area contributed by atoms with E-state index in [0.717, 1.165) is 18.9 Å². The first-order valence-electron chi connectivity index (χ1n) is 13.3. The molecule has 1 aromatic carbocycles. The van der Waals surface area contributed by atoms with Crippen LogP contribution in [-0.4, -0.2) is 111 Å². The number of methoxy groups -OCH3 is 1. The molecular weight excluding hydrogens is 624 g/mol. The van der Waals surface area contributed by atoms with Gasteiger partial charge in [-0.1, -0.05) is 12.1 Å². The van der Waals surface area contributed by atoms with E-state index in [1.165, 1.54) is 40.9 Å². The molecule has 0 bridgehead atoms. The molecule has 4 N–H and O–H groups in total. The number of nitrogens with two attached hydrogens (primary N) is 1. The number of phenols is 1. The maximum atomic E-state index is 13.1. The minimum Gasteiger partial charge on any atom is -0.508 e. The minimum absolute atomic E-state index is 0.00511. The number of ether oxygens (including phenoxy) is 3. The second kappa shape index (κ2) is 10.6. The van der Waals surface area contributed by atoms with Crippen molar-refractivity contribution in [1.82, 2.24) is 15.1 Å². The number of sulfone groups is 1. The van der Waals surface area contributed by atoms with Gasteiger partial charge >= 0.3 is 17.9 Å². The lowest BCUT2D eigenvalue weighted by Crippen LogP contribution is -2.71. The lowest BCUT2D eigenvalue weighted by molar-refractivity contribution is -0.182. The molecule has 238 valence electrons. The predicted molar refractivity (Wildman–Crippen MR) is 148 cm³/mol. The van der Waals surface area contributed by atoms with Crippen molar-refractivity contribution in [2.75, 3.05) is 13.9 Å². The molecule has 0 saturated carbocycles. The van der Waals surface area contributed by atoms with Crippen LogP contribution in [0.1, 0.15) is 38.8 Å². The zero-order valence-corrected chi connectivity index (χ0v) is 25.5. The van der Waals surface area contributed by atoms with Crippen LogP contribution in [0.15, 0.2) is 24.3 Å². The highest BCUT2D eigenvalue weighted by Gasteiger charge is 2.74. The Kier molecular flexibility index (Phi) is 7.61. The molecule has 44 heavy (non-hydrogen) atoms. The fourth-order valence-electron chi connectivity index (χ4n) is 5.95. The maximum Gasteiger partial charge on any atom is 0.334 e. The molecule has 0 radical (unpaired) electrons. The van der Waals surface area contributed by atoms with E-state index in [2.05, 4.69) is 10.1 Å². The number of carbonyl (C=O) groups excluding carboxylic acids is 6. The minimum atomic E-state index is -4.36. The van der Waals surface area contributed by atoms with E-state index in [1.54, 1.807) is 13.8 Å². The van der Waals surface area contributed by atoms with Gasteiger partial charge in [0, 0.05) is 4.75 Å². The van der Waals surface area contributed by atoms with Crippen molar-refractivity contribution < 1.29 is 56.5 Å². The molecule has 3 amide bonds. The van der Waals surface area contributed by atoms with Crippen LogP contribution in [0.5, 0.6) is 5.75 Å². The molecule has 7 atom stereocenters. The first kappa shape index (κ1) is 31.5. The number of amides is 3. The third-order valence-corrected chi connectivity index (χ3v) is 12.7. The number of esters is 3. The van der Waals surface area contributed by atoms with Crippen molar-refractivity contribution in [1.29, 1.82) is 0 Å². The lowest BCUT2D eigenvalue weighted by atomic mass is 9.95. The summed E-state index contributed by atoms with van der Waals surface area (Å²) in [6.45, 7) is 3.34. The Hall–Kier alpha value is -3.90. The van der Waals surface area contributed by atoms with Crippen molar-refractivity contribution in [3.63, 3.8) is 0 Å². The Morgan fingerprint density at radius 1 is 1.07 bits per heavy atom. The molecule has 16 nitrogen and oxygen atoms in total. The van der Waals surface area contributed by atoms with Crippen LogP contribution in [0, 0.1) is 0 Å². The number of hydrogen-bond donors (Lipinski definition) is 3. The highest BCUT2D eigenvalue weighted by molar-refractivity contribution is 8.01. The number of hydrogen-bond acceptors (Lipinski definition) is 14. The van der Waals surface area contributed by atoms with Gasteiger partial charge in [0.05, 0.1) is 13.5 Å². The fourth-order valence-corrected chi connectivity index (χ4v) is 9.87. The van der Waals surface area contributed by atoms with Crippen molar-refractivity contribution in [3.05, 3.63) is 29.8 Å². The largest absolute Gasteiger partial charge is 0.508 e. The van der Waals surface area contributed by atoms with Crippen LogP contribution in [0.3, 0.4) is 0 Å². The Bertz CT molecular complexity index is 1560. The summed E-state index contributed by atoms with van der Waals surface area (Å²) in [5.74, 6) is -5.37. The predicted octanol–water partition coefficient (Wildman–Crippen LogP) is -1.73. The lowest BCUT2D eigenvalue weighted by Gasteiger charge is -2.44. The quantitative estimate of drug-likeness (QED) is 0.161. The number of carbonyl (C=O) groups is 6. The first-order chi connectivity index (χ1) is 20.5. The van der Waals surface area contributed by atoms with Crippen LogP contribution in [0.4, 0.5) is 0 Å². The summed E-state index contributed by atoms with van der Waals surface area (Å²) in [5, 5.41) is 10.0. The highest BCUT2D eigenvalue weighted by atomic mass is 32.2. The van der Waals surface area contributed by atoms with Crippen molar-refractivity contribution in [2.45, 2.75) is 71.6 Å². The standard InChI is InChI=1S/C26H30N4O12S2/c1-25(2)17(30-20(34)16(21(30)43-25)28-19(33)15(27)11-5-7-12(31)8-6-11)22(35)41-10-42-23(36)18-26(3,24(37)40-4)44(38,39)14-9-13(32)29(14)18/h5-8,14-18,21,31H,9-10,27H2,1-4H3,(H,28,33)/t14-,15?,16-,17+,18+,21-,26-/m1/s1. The molecule has 4 fully saturated rings. The van der Waals surface area contributed by atoms with Crippen LogP contribution in [-0.2, 0) is 52.8 Å². The van der Waals surface area contributed by atoms with E-state index in [1.807, 2.05) is 0 Å². The van der Waals surface area contributed by atoms with Gasteiger partial charge in [-0.3, -0.25) is 19.2 Å². The van der Waals surface area contributed by atoms with Gasteiger partial charge in [0.2, 0.25) is 24.5 Å². The summed E-state index contributed by atoms with van der Waals surface area (Å²) in [6, 6.07) is 0.590. The van der Waals surface area contributed by atoms with Crippen molar-refractivity contribution >= 4 is 57.2 Å². The molecule has 4 aliphatic heterocycles. The topological polar surface area (TPSA) is 229 Å². The van der Waals surface area contributed by atoms with Crippen LogP contribution in [0.2, 0.25) is 0 Å². The molecule has 18 heteroatoms. The van der Waals surface area contributed by atoms with Gasteiger partial charge < -0.3 is 40.2 Å². The second-order valence-electron chi connectivity index (χ2n) is 11.4. The number of rotatable bonds is 8. The van der Waals surface area contributed by atoms with E-state index in [9.17, 15) is 42.3 Å². The van der Waals surface area contributed by atoms with E-state index in [-0.39, 0.29) is 5.75 Å². The van der Waals surface area contributed by atoms with E-state index in [0.29, 0.717) is 5.56 Å². The molecule has 0 aliphatic carbocycles. The Morgan fingerprint density at radius 3 is 2.23 bits per heavy atom. The number of nitrogens with zero attached hydrogens (tertiary/aromatic N) is 2. The molecule has 5 rings (SSSR count). The number of benzene rings is 1. The molecule has 0 spiro atoms. The SMILES string of the molecule is COC(=O)[C@@]1(C)[C@H](C(=O)OCOC(=O)[C@@H]2N3C(=O)[C@@H](NC(=O)C(N)c4ccc(O)cc4)[C@H]3SC2(C)C)N2C(=O)C[C@H]2S1(=O)=O. The zero-order valence-electron chi connectivity index (χ0n) is 23.9. The molecule has 4 saturated heterocycles. The van der Waals surface area contributed by atoms with Crippen LogP contribution >= 0.6 is 11.8 Å². The van der Waals surface area contributed by atoms with E-state index >= 15 is 0 Å².